The lowest BCUT2D eigenvalue weighted by Gasteiger charge is -2.31. The SMILES string of the molecule is COc1ccc(C[C@H]2NC(=O)CCSSC[C@@H](C(=O)N3CCC[C@@H]3C(=O)N[C@H](CCCN=C(N)N)C(=O)NCC(N)=O)NC(=O)[C@H](CC(N)=O)NC(=O)[C@@H](C(C)C)NC(=O)[C@H](Cc3ccccc3)NC2=O)cc1. The van der Waals surface area contributed by atoms with Crippen LogP contribution in [0.25, 0.3) is 0 Å². The van der Waals surface area contributed by atoms with E-state index >= 15 is 0 Å². The summed E-state index contributed by atoms with van der Waals surface area (Å²) in [5.41, 5.74) is 23.0. The molecule has 0 unspecified atom stereocenters. The first-order chi connectivity index (χ1) is 34.8. The maximum atomic E-state index is 14.6. The minimum Gasteiger partial charge on any atom is -0.497 e. The van der Waals surface area contributed by atoms with Gasteiger partial charge in [-0.25, -0.2) is 0 Å². The van der Waals surface area contributed by atoms with E-state index < -0.39 is 120 Å². The van der Waals surface area contributed by atoms with Gasteiger partial charge in [0.1, 0.15) is 48.0 Å². The number of hydrogen-bond acceptors (Lipinski definition) is 14. The fourth-order valence-corrected chi connectivity index (χ4v) is 10.0. The Kier molecular flexibility index (Phi) is 23.6. The van der Waals surface area contributed by atoms with Crippen molar-refractivity contribution in [1.29, 1.82) is 0 Å². The highest BCUT2D eigenvalue weighted by Crippen LogP contribution is 2.26. The molecule has 2 fully saturated rings. The van der Waals surface area contributed by atoms with Gasteiger partial charge in [-0.1, -0.05) is 77.9 Å². The van der Waals surface area contributed by atoms with Crippen LogP contribution in [0, 0.1) is 5.92 Å². The van der Waals surface area contributed by atoms with Crippen LogP contribution in [0.3, 0.4) is 0 Å². The van der Waals surface area contributed by atoms with Crippen LogP contribution in [0.2, 0.25) is 0 Å². The van der Waals surface area contributed by atoms with E-state index in [1.807, 2.05) is 0 Å². The van der Waals surface area contributed by atoms with Crippen LogP contribution in [-0.2, 0) is 60.8 Å². The number of nitrogens with zero attached hydrogens (tertiary/aromatic N) is 2. The second kappa shape index (κ2) is 29.4. The number of guanidine groups is 1. The van der Waals surface area contributed by atoms with E-state index in [-0.39, 0.29) is 69.1 Å². The van der Waals surface area contributed by atoms with E-state index in [4.69, 9.17) is 27.7 Å². The molecule has 2 saturated heterocycles. The Morgan fingerprint density at radius 3 is 2.04 bits per heavy atom. The van der Waals surface area contributed by atoms with Gasteiger partial charge >= 0.3 is 0 Å². The third kappa shape index (κ3) is 19.5. The van der Waals surface area contributed by atoms with Gasteiger partial charge in [-0.2, -0.15) is 0 Å². The number of carbonyl (C=O) groups excluding carboxylic acids is 10. The second-order valence-corrected chi connectivity index (χ2v) is 20.3. The largest absolute Gasteiger partial charge is 0.497 e. The third-order valence-corrected chi connectivity index (χ3v) is 14.1. The van der Waals surface area contributed by atoms with Gasteiger partial charge in [0, 0.05) is 43.9 Å². The van der Waals surface area contributed by atoms with Crippen molar-refractivity contribution < 1.29 is 52.7 Å². The highest BCUT2D eigenvalue weighted by atomic mass is 33.1. The van der Waals surface area contributed by atoms with E-state index in [2.05, 4.69) is 42.2 Å². The smallest absolute Gasteiger partial charge is 0.246 e. The van der Waals surface area contributed by atoms with Crippen LogP contribution >= 0.6 is 21.6 Å². The number of methoxy groups -OCH3 is 1. The first-order valence-electron chi connectivity index (χ1n) is 23.7. The van der Waals surface area contributed by atoms with Crippen molar-refractivity contribution in [1.82, 2.24) is 42.1 Å². The van der Waals surface area contributed by atoms with Gasteiger partial charge in [-0.15, -0.1) is 0 Å². The van der Waals surface area contributed by atoms with Crippen LogP contribution in [0.1, 0.15) is 63.5 Å². The Bertz CT molecular complexity index is 2310. The van der Waals surface area contributed by atoms with Crippen LogP contribution in [0.15, 0.2) is 59.6 Å². The predicted molar refractivity (Wildman–Crippen MR) is 273 cm³/mol. The Hall–Kier alpha value is -7.09. The molecule has 4 rings (SSSR count). The normalized spacial score (nSPS) is 22.0. The molecular weight excluding hydrogens is 987 g/mol. The van der Waals surface area contributed by atoms with Crippen LogP contribution in [0.5, 0.6) is 5.75 Å². The number of rotatable bonds is 18. The summed E-state index contributed by atoms with van der Waals surface area (Å²) < 4.78 is 5.28. The molecule has 2 aromatic rings. The van der Waals surface area contributed by atoms with Crippen molar-refractivity contribution in [3.8, 4) is 5.75 Å². The van der Waals surface area contributed by atoms with Gasteiger partial charge in [0.25, 0.3) is 0 Å². The minimum atomic E-state index is -1.65. The molecule has 15 N–H and O–H groups in total. The standard InChI is InChI=1S/C47H67N13O11S2/c1-26(2)39-45(69)57-33(23-36(48)61)42(66)58-34(46(70)60-19-8-12-35(60)44(68)55-30(11-7-18-52-47(50)51)40(64)53-24-37(49)62)25-73-72-20-17-38(63)54-31(22-28-13-15-29(71-3)16-14-28)41(65)56-32(43(67)59-39)21-27-9-5-4-6-10-27/h4-6,9-10,13-16,26,30-35,39H,7-8,11-12,17-25H2,1-3H3,(H2,48,61)(H2,49,62)(H,53,64)(H,54,63)(H,55,68)(H,56,65)(H,57,69)(H,58,66)(H,59,67)(H4,50,51,52)/t30-,31-,32+,33+,34+,35-,39-/m1/s1. The number of likely N-dealkylation sites (tertiary alicyclic amines) is 1. The van der Waals surface area contributed by atoms with Gasteiger partial charge in [0.2, 0.25) is 59.1 Å². The molecule has 398 valence electrons. The maximum absolute atomic E-state index is 14.6. The highest BCUT2D eigenvalue weighted by molar-refractivity contribution is 8.76. The number of amides is 10. The summed E-state index contributed by atoms with van der Waals surface area (Å²) in [7, 11) is 3.80. The minimum absolute atomic E-state index is 0.0167. The maximum Gasteiger partial charge on any atom is 0.246 e. The van der Waals surface area contributed by atoms with Crippen LogP contribution in [-0.4, -0.2) is 150 Å². The van der Waals surface area contributed by atoms with E-state index in [0.717, 1.165) is 10.8 Å². The number of nitrogens with two attached hydrogens (primary N) is 4. The van der Waals surface area contributed by atoms with Crippen molar-refractivity contribution in [3.05, 3.63) is 65.7 Å². The van der Waals surface area contributed by atoms with Gasteiger partial charge in [0.15, 0.2) is 5.96 Å². The summed E-state index contributed by atoms with van der Waals surface area (Å²) in [5.74, 6) is -7.96. The zero-order chi connectivity index (χ0) is 53.6. The summed E-state index contributed by atoms with van der Waals surface area (Å²) in [4.78, 5) is 141. The molecule has 2 aromatic carbocycles. The lowest BCUT2D eigenvalue weighted by molar-refractivity contribution is -0.142. The molecule has 0 radical (unpaired) electrons. The molecule has 0 saturated carbocycles. The fraction of sp³-hybridized carbons (Fsp3) is 0.511. The first-order valence-corrected chi connectivity index (χ1v) is 26.2. The fourth-order valence-electron chi connectivity index (χ4n) is 7.86. The molecule has 26 heteroatoms. The van der Waals surface area contributed by atoms with Crippen LogP contribution < -0.4 is 64.9 Å². The Labute approximate surface area is 430 Å². The van der Waals surface area contributed by atoms with E-state index in [1.54, 1.807) is 68.4 Å². The molecule has 7 atom stereocenters. The van der Waals surface area contributed by atoms with E-state index in [0.29, 0.717) is 23.3 Å². The zero-order valence-electron chi connectivity index (χ0n) is 41.0. The Balaban J connectivity index is 1.66. The summed E-state index contributed by atoms with van der Waals surface area (Å²) in [5, 5.41) is 18.5. The Morgan fingerprint density at radius 1 is 0.781 bits per heavy atom. The predicted octanol–water partition coefficient (Wildman–Crippen LogP) is -2.65. The topological polar surface area (TPSA) is 384 Å². The molecule has 0 spiro atoms. The number of ether oxygens (including phenoxy) is 1. The van der Waals surface area contributed by atoms with Crippen molar-refractivity contribution >= 4 is 86.6 Å². The molecule has 24 nitrogen and oxygen atoms in total. The van der Waals surface area contributed by atoms with Crippen molar-refractivity contribution in [2.75, 3.05) is 38.2 Å². The molecule has 0 bridgehead atoms. The number of benzene rings is 2. The number of primary amides is 2. The monoisotopic (exact) mass is 1050 g/mol. The van der Waals surface area contributed by atoms with Crippen LogP contribution in [0.4, 0.5) is 0 Å². The molecule has 0 aromatic heterocycles. The van der Waals surface area contributed by atoms with Gasteiger partial charge in [-0.3, -0.25) is 52.9 Å². The molecule has 2 aliphatic heterocycles. The van der Waals surface area contributed by atoms with Crippen molar-refractivity contribution in [3.63, 3.8) is 0 Å². The van der Waals surface area contributed by atoms with Gasteiger partial charge in [0.05, 0.1) is 20.1 Å². The molecule has 0 aliphatic carbocycles. The number of nitrogens with one attached hydrogen (secondary N) is 7. The van der Waals surface area contributed by atoms with Crippen molar-refractivity contribution in [2.45, 2.75) is 108 Å². The molecular formula is C47H67N13O11S2. The summed E-state index contributed by atoms with van der Waals surface area (Å²) in [6, 6.07) is 6.56. The zero-order valence-corrected chi connectivity index (χ0v) is 42.7. The number of carbonyl (C=O) groups is 10. The number of aliphatic imine (C=N–C) groups is 1. The molecule has 73 heavy (non-hydrogen) atoms. The second-order valence-electron chi connectivity index (χ2n) is 17.7. The summed E-state index contributed by atoms with van der Waals surface area (Å²) >= 11 is 0. The summed E-state index contributed by atoms with van der Waals surface area (Å²) in [6.07, 6.45) is 0.0140. The highest BCUT2D eigenvalue weighted by Gasteiger charge is 2.40. The third-order valence-electron chi connectivity index (χ3n) is 11.7. The summed E-state index contributed by atoms with van der Waals surface area (Å²) in [6.45, 7) is 2.95. The quantitative estimate of drug-likeness (QED) is 0.0315. The Morgan fingerprint density at radius 2 is 1.41 bits per heavy atom. The van der Waals surface area contributed by atoms with E-state index in [1.165, 1.54) is 22.8 Å². The lowest BCUT2D eigenvalue weighted by atomic mass is 9.99. The molecule has 2 aliphatic rings. The van der Waals surface area contributed by atoms with Gasteiger partial charge in [-0.05, 0) is 54.9 Å². The van der Waals surface area contributed by atoms with Crippen molar-refractivity contribution in [2.24, 2.45) is 33.8 Å². The molecule has 10 amide bonds. The average molecular weight is 1050 g/mol. The molecule has 2 heterocycles. The average Bonchev–Trinajstić information content (AvgIpc) is 3.85. The lowest BCUT2D eigenvalue weighted by Crippen LogP contribution is -2.61. The van der Waals surface area contributed by atoms with Gasteiger partial charge < -0.3 is 69.8 Å². The number of hydrogen-bond donors (Lipinski definition) is 11. The first kappa shape index (κ1) is 58.5. The van der Waals surface area contributed by atoms with E-state index in [9.17, 15) is 47.9 Å².